The van der Waals surface area contributed by atoms with Crippen molar-refractivity contribution in [2.24, 2.45) is 0 Å². The molecule has 0 saturated carbocycles. The Bertz CT molecular complexity index is 452. The summed E-state index contributed by atoms with van der Waals surface area (Å²) in [7, 11) is 0. The number of carbonyl (C=O) groups is 1. The average molecular weight is 300 g/mol. The van der Waals surface area contributed by atoms with E-state index in [4.69, 9.17) is 0 Å². The van der Waals surface area contributed by atoms with Gasteiger partial charge in [-0.2, -0.15) is 13.2 Å². The molecule has 1 aromatic carbocycles. The third-order valence-electron chi connectivity index (χ3n) is 3.70. The fourth-order valence-corrected chi connectivity index (χ4v) is 2.49. The van der Waals surface area contributed by atoms with Gasteiger partial charge in [-0.15, -0.1) is 0 Å². The van der Waals surface area contributed by atoms with E-state index in [-0.39, 0.29) is 5.78 Å². The summed E-state index contributed by atoms with van der Waals surface area (Å²) in [5, 5.41) is 0. The molecule has 1 aromatic rings. The fraction of sp³-hybridized carbons (Fsp3) is 0.588. The average Bonchev–Trinajstić information content (AvgIpc) is 2.41. The van der Waals surface area contributed by atoms with Crippen LogP contribution in [0.5, 0.6) is 0 Å². The maximum Gasteiger partial charge on any atom is 0.416 e. The number of unbranched alkanes of at least 4 members (excludes halogenated alkanes) is 4. The van der Waals surface area contributed by atoms with Gasteiger partial charge in [-0.3, -0.25) is 4.79 Å². The molecule has 0 aliphatic rings. The van der Waals surface area contributed by atoms with Gasteiger partial charge < -0.3 is 0 Å². The van der Waals surface area contributed by atoms with Crippen molar-refractivity contribution in [1.29, 1.82) is 0 Å². The molecule has 21 heavy (non-hydrogen) atoms. The molecule has 1 unspecified atom stereocenters. The highest BCUT2D eigenvalue weighted by Crippen LogP contribution is 2.32. The van der Waals surface area contributed by atoms with Gasteiger partial charge >= 0.3 is 6.18 Å². The van der Waals surface area contributed by atoms with Crippen molar-refractivity contribution in [2.75, 3.05) is 0 Å². The Labute approximate surface area is 124 Å². The summed E-state index contributed by atoms with van der Waals surface area (Å²) in [6, 6.07) is 5.15. The summed E-state index contributed by atoms with van der Waals surface area (Å²) in [6.45, 7) is 3.58. The SMILES string of the molecule is CCCCCCCC(C(C)=O)c1cccc(C(F)(F)F)c1. The molecule has 0 aromatic heterocycles. The lowest BCUT2D eigenvalue weighted by molar-refractivity contribution is -0.137. The largest absolute Gasteiger partial charge is 0.416 e. The number of ketones is 1. The molecule has 0 heterocycles. The first-order valence-electron chi connectivity index (χ1n) is 7.54. The monoisotopic (exact) mass is 300 g/mol. The van der Waals surface area contributed by atoms with Crippen molar-refractivity contribution in [1.82, 2.24) is 0 Å². The summed E-state index contributed by atoms with van der Waals surface area (Å²) in [5.74, 6) is -0.487. The van der Waals surface area contributed by atoms with Crippen molar-refractivity contribution in [3.05, 3.63) is 35.4 Å². The van der Waals surface area contributed by atoms with Gasteiger partial charge in [0.15, 0.2) is 0 Å². The van der Waals surface area contributed by atoms with E-state index < -0.39 is 17.7 Å². The van der Waals surface area contributed by atoms with Crippen LogP contribution in [-0.4, -0.2) is 5.78 Å². The first-order chi connectivity index (χ1) is 9.86. The Morgan fingerprint density at radius 1 is 1.14 bits per heavy atom. The van der Waals surface area contributed by atoms with Gasteiger partial charge in [0.2, 0.25) is 0 Å². The number of carbonyl (C=O) groups excluding carboxylic acids is 1. The van der Waals surface area contributed by atoms with Crippen LogP contribution >= 0.6 is 0 Å². The van der Waals surface area contributed by atoms with E-state index in [9.17, 15) is 18.0 Å². The minimum atomic E-state index is -4.36. The zero-order chi connectivity index (χ0) is 15.9. The second-order valence-electron chi connectivity index (χ2n) is 5.49. The molecule has 0 radical (unpaired) electrons. The molecular formula is C17H23F3O. The third-order valence-corrected chi connectivity index (χ3v) is 3.70. The lowest BCUT2D eigenvalue weighted by atomic mass is 9.89. The van der Waals surface area contributed by atoms with Gasteiger partial charge in [-0.25, -0.2) is 0 Å². The number of benzene rings is 1. The van der Waals surface area contributed by atoms with Gasteiger partial charge in [0, 0.05) is 5.92 Å². The van der Waals surface area contributed by atoms with Crippen LogP contribution in [0.25, 0.3) is 0 Å². The van der Waals surface area contributed by atoms with Crippen LogP contribution in [0.1, 0.15) is 69.4 Å². The molecule has 0 N–H and O–H groups in total. The zero-order valence-electron chi connectivity index (χ0n) is 12.7. The summed E-state index contributed by atoms with van der Waals surface area (Å²) in [4.78, 5) is 11.7. The predicted molar refractivity (Wildman–Crippen MR) is 78.2 cm³/mol. The summed E-state index contributed by atoms with van der Waals surface area (Å²) in [5.41, 5.74) is -0.204. The molecule has 118 valence electrons. The Balaban J connectivity index is 2.74. The number of Topliss-reactive ketones (excluding diaryl/α,β-unsaturated/α-hetero) is 1. The second kappa shape index (κ2) is 8.20. The minimum Gasteiger partial charge on any atom is -0.299 e. The standard InChI is InChI=1S/C17H23F3O/c1-3-4-5-6-7-11-16(13(2)21)14-9-8-10-15(12-14)17(18,19)20/h8-10,12,16H,3-7,11H2,1-2H3. The van der Waals surface area contributed by atoms with Gasteiger partial charge in [-0.05, 0) is 25.0 Å². The normalized spacial score (nSPS) is 13.2. The van der Waals surface area contributed by atoms with Crippen molar-refractivity contribution >= 4 is 5.78 Å². The lowest BCUT2D eigenvalue weighted by Crippen LogP contribution is -2.11. The molecule has 4 heteroatoms. The van der Waals surface area contributed by atoms with Gasteiger partial charge in [-0.1, -0.05) is 57.2 Å². The Morgan fingerprint density at radius 3 is 2.38 bits per heavy atom. The highest BCUT2D eigenvalue weighted by atomic mass is 19.4. The highest BCUT2D eigenvalue weighted by molar-refractivity contribution is 5.83. The van der Waals surface area contributed by atoms with Crippen LogP contribution in [0.15, 0.2) is 24.3 Å². The van der Waals surface area contributed by atoms with E-state index in [1.165, 1.54) is 13.0 Å². The summed E-state index contributed by atoms with van der Waals surface area (Å²) >= 11 is 0. The smallest absolute Gasteiger partial charge is 0.299 e. The van der Waals surface area contributed by atoms with Gasteiger partial charge in [0.1, 0.15) is 5.78 Å². The topological polar surface area (TPSA) is 17.1 Å². The van der Waals surface area contributed by atoms with Crippen LogP contribution in [0, 0.1) is 0 Å². The molecule has 0 spiro atoms. The van der Waals surface area contributed by atoms with Crippen molar-refractivity contribution < 1.29 is 18.0 Å². The van der Waals surface area contributed by atoms with E-state index in [1.807, 2.05) is 0 Å². The third kappa shape index (κ3) is 5.90. The molecule has 1 nitrogen and oxygen atoms in total. The number of halogens is 3. The molecule has 0 amide bonds. The molecular weight excluding hydrogens is 277 g/mol. The van der Waals surface area contributed by atoms with Crippen LogP contribution in [0.2, 0.25) is 0 Å². The summed E-state index contributed by atoms with van der Waals surface area (Å²) in [6.07, 6.45) is 1.58. The Kier molecular flexibility index (Phi) is 6.93. The molecule has 0 aliphatic carbocycles. The zero-order valence-corrected chi connectivity index (χ0v) is 12.7. The molecule has 1 atom stereocenters. The summed E-state index contributed by atoms with van der Waals surface area (Å²) < 4.78 is 38.2. The van der Waals surface area contributed by atoms with Crippen LogP contribution < -0.4 is 0 Å². The van der Waals surface area contributed by atoms with E-state index in [0.717, 1.165) is 44.2 Å². The van der Waals surface area contributed by atoms with E-state index in [1.54, 1.807) is 6.07 Å². The highest BCUT2D eigenvalue weighted by Gasteiger charge is 2.31. The van der Waals surface area contributed by atoms with E-state index >= 15 is 0 Å². The minimum absolute atomic E-state index is 0.0650. The Morgan fingerprint density at radius 2 is 1.81 bits per heavy atom. The Hall–Kier alpha value is -1.32. The molecule has 0 fully saturated rings. The quantitative estimate of drug-likeness (QED) is 0.560. The predicted octanol–water partition coefficient (Wildman–Crippen LogP) is 5.74. The maximum absolute atomic E-state index is 12.7. The second-order valence-corrected chi connectivity index (χ2v) is 5.49. The molecule has 0 saturated heterocycles. The van der Waals surface area contributed by atoms with Crippen LogP contribution in [-0.2, 0) is 11.0 Å². The molecule has 0 bridgehead atoms. The first-order valence-corrected chi connectivity index (χ1v) is 7.54. The lowest BCUT2D eigenvalue weighted by Gasteiger charge is -2.16. The van der Waals surface area contributed by atoms with Crippen LogP contribution in [0.4, 0.5) is 13.2 Å². The molecule has 1 rings (SSSR count). The van der Waals surface area contributed by atoms with Crippen LogP contribution in [0.3, 0.4) is 0 Å². The van der Waals surface area contributed by atoms with E-state index in [0.29, 0.717) is 12.0 Å². The van der Waals surface area contributed by atoms with Crippen molar-refractivity contribution in [2.45, 2.75) is 64.5 Å². The number of hydrogen-bond donors (Lipinski definition) is 0. The van der Waals surface area contributed by atoms with Crippen molar-refractivity contribution in [3.8, 4) is 0 Å². The van der Waals surface area contributed by atoms with Gasteiger partial charge in [0.05, 0.1) is 5.56 Å². The van der Waals surface area contributed by atoms with E-state index in [2.05, 4.69) is 6.92 Å². The first kappa shape index (κ1) is 17.7. The maximum atomic E-state index is 12.7. The number of hydrogen-bond acceptors (Lipinski definition) is 1. The van der Waals surface area contributed by atoms with Gasteiger partial charge in [0.25, 0.3) is 0 Å². The number of alkyl halides is 3. The van der Waals surface area contributed by atoms with Crippen molar-refractivity contribution in [3.63, 3.8) is 0 Å². The number of rotatable bonds is 8. The fourth-order valence-electron chi connectivity index (χ4n) is 2.49. The molecule has 0 aliphatic heterocycles.